The summed E-state index contributed by atoms with van der Waals surface area (Å²) in [5.41, 5.74) is 0. The lowest BCUT2D eigenvalue weighted by molar-refractivity contribution is -0.167. The minimum atomic E-state index is -0.760. The molecule has 0 saturated carbocycles. The third kappa shape index (κ3) is 59.2. The third-order valence-electron chi connectivity index (χ3n) is 15.1. The van der Waals surface area contributed by atoms with Crippen molar-refractivity contribution in [3.63, 3.8) is 0 Å². The summed E-state index contributed by atoms with van der Waals surface area (Å²) in [7, 11) is 0. The van der Waals surface area contributed by atoms with E-state index in [0.717, 1.165) is 57.8 Å². The molecule has 0 aromatic carbocycles. The summed E-state index contributed by atoms with van der Waals surface area (Å²) >= 11 is 0. The molecule has 0 fully saturated rings. The van der Waals surface area contributed by atoms with Gasteiger partial charge >= 0.3 is 17.9 Å². The molecule has 6 heteroatoms. The molecule has 6 nitrogen and oxygen atoms in total. The average molecular weight is 1000 g/mol. The fraction of sp³-hybridized carbons (Fsp3) is 0.954. The minimum absolute atomic E-state index is 0.0618. The summed E-state index contributed by atoms with van der Waals surface area (Å²) in [5.74, 6) is -0.840. The quantitative estimate of drug-likeness (QED) is 0.0343. The van der Waals surface area contributed by atoms with Crippen LogP contribution in [0.5, 0.6) is 0 Å². The van der Waals surface area contributed by atoms with Crippen LogP contribution < -0.4 is 0 Å². The second-order valence-corrected chi connectivity index (χ2v) is 22.4. The van der Waals surface area contributed by atoms with Crippen molar-refractivity contribution in [3.05, 3.63) is 0 Å². The molecule has 0 amide bonds. The molecule has 0 aliphatic rings. The van der Waals surface area contributed by atoms with Crippen molar-refractivity contribution in [2.24, 2.45) is 0 Å². The monoisotopic (exact) mass is 1000 g/mol. The highest BCUT2D eigenvalue weighted by atomic mass is 16.6. The fourth-order valence-electron chi connectivity index (χ4n) is 10.2. The molecule has 0 aliphatic carbocycles. The molecule has 0 aromatic rings. The van der Waals surface area contributed by atoms with Gasteiger partial charge in [-0.05, 0) is 19.3 Å². The molecule has 0 aromatic heterocycles. The molecule has 422 valence electrons. The molecule has 0 rings (SSSR count). The maximum atomic E-state index is 12.8. The SMILES string of the molecule is CCCCCCCCCCCCCCCCCCCCCCCCCCC(=O)OCC(COC(=O)CCCCCCCC)OC(=O)CCCCCCCCCCCCCCCCCCCCCCCCC. The lowest BCUT2D eigenvalue weighted by Crippen LogP contribution is -2.30. The van der Waals surface area contributed by atoms with Crippen LogP contribution in [-0.2, 0) is 28.6 Å². The minimum Gasteiger partial charge on any atom is -0.462 e. The second-order valence-electron chi connectivity index (χ2n) is 22.4. The predicted molar refractivity (Wildman–Crippen MR) is 307 cm³/mol. The lowest BCUT2D eigenvalue weighted by atomic mass is 10.0. The second kappa shape index (κ2) is 61.0. The van der Waals surface area contributed by atoms with Gasteiger partial charge in [-0.3, -0.25) is 14.4 Å². The Hall–Kier alpha value is -1.59. The molecule has 0 radical (unpaired) electrons. The third-order valence-corrected chi connectivity index (χ3v) is 15.1. The molecule has 0 saturated heterocycles. The zero-order valence-electron chi connectivity index (χ0n) is 48.5. The summed E-state index contributed by atoms with van der Waals surface area (Å²) in [6.07, 6.45) is 70.2. The van der Waals surface area contributed by atoms with Gasteiger partial charge in [-0.15, -0.1) is 0 Å². The van der Waals surface area contributed by atoms with Crippen LogP contribution >= 0.6 is 0 Å². The maximum Gasteiger partial charge on any atom is 0.306 e. The van der Waals surface area contributed by atoms with E-state index in [1.54, 1.807) is 0 Å². The topological polar surface area (TPSA) is 78.9 Å². The van der Waals surface area contributed by atoms with Crippen molar-refractivity contribution >= 4 is 17.9 Å². The Labute approximate surface area is 444 Å². The van der Waals surface area contributed by atoms with Crippen LogP contribution in [0.2, 0.25) is 0 Å². The van der Waals surface area contributed by atoms with Crippen molar-refractivity contribution < 1.29 is 28.6 Å². The maximum absolute atomic E-state index is 12.8. The molecule has 0 N–H and O–H groups in total. The van der Waals surface area contributed by atoms with Crippen LogP contribution in [0.4, 0.5) is 0 Å². The van der Waals surface area contributed by atoms with Crippen LogP contribution in [0.1, 0.15) is 380 Å². The normalized spacial score (nSPS) is 11.9. The highest BCUT2D eigenvalue weighted by molar-refractivity contribution is 5.71. The first-order valence-corrected chi connectivity index (χ1v) is 32.5. The zero-order valence-corrected chi connectivity index (χ0v) is 48.5. The van der Waals surface area contributed by atoms with E-state index >= 15 is 0 Å². The number of esters is 3. The summed E-state index contributed by atoms with van der Waals surface area (Å²) in [4.78, 5) is 38.0. The summed E-state index contributed by atoms with van der Waals surface area (Å²) < 4.78 is 16.8. The van der Waals surface area contributed by atoms with E-state index < -0.39 is 6.10 Å². The molecule has 1 unspecified atom stereocenters. The standard InChI is InChI=1S/C65H126O6/c1-4-7-10-13-16-18-20-22-24-26-28-30-32-34-35-37-39-41-43-45-47-49-52-55-58-64(67)70-61-62(60-69-63(66)57-54-51-15-12-9-6-3)71-65(68)59-56-53-50-48-46-44-42-40-38-36-33-31-29-27-25-23-21-19-17-14-11-8-5-2/h62H,4-61H2,1-3H3. The van der Waals surface area contributed by atoms with Gasteiger partial charge in [-0.25, -0.2) is 0 Å². The van der Waals surface area contributed by atoms with E-state index in [2.05, 4.69) is 20.8 Å². The van der Waals surface area contributed by atoms with Gasteiger partial charge in [0.05, 0.1) is 0 Å². The number of hydrogen-bond acceptors (Lipinski definition) is 6. The van der Waals surface area contributed by atoms with E-state index in [1.165, 1.54) is 283 Å². The van der Waals surface area contributed by atoms with Crippen LogP contribution in [-0.4, -0.2) is 37.2 Å². The molecule has 71 heavy (non-hydrogen) atoms. The van der Waals surface area contributed by atoms with Crippen molar-refractivity contribution in [2.45, 2.75) is 386 Å². The molecular formula is C65H126O6. The molecule has 0 aliphatic heterocycles. The van der Waals surface area contributed by atoms with Crippen LogP contribution in [0.25, 0.3) is 0 Å². The van der Waals surface area contributed by atoms with Crippen molar-refractivity contribution in [1.82, 2.24) is 0 Å². The summed E-state index contributed by atoms with van der Waals surface area (Å²) in [5, 5.41) is 0. The number of unbranched alkanes of at least 4 members (excludes halogenated alkanes) is 50. The van der Waals surface area contributed by atoms with Crippen LogP contribution in [0.15, 0.2) is 0 Å². The van der Waals surface area contributed by atoms with Crippen LogP contribution in [0.3, 0.4) is 0 Å². The lowest BCUT2D eigenvalue weighted by Gasteiger charge is -2.18. The van der Waals surface area contributed by atoms with E-state index in [-0.39, 0.29) is 31.1 Å². The van der Waals surface area contributed by atoms with Gasteiger partial charge in [0.25, 0.3) is 0 Å². The van der Waals surface area contributed by atoms with Gasteiger partial charge in [-0.1, -0.05) is 342 Å². The van der Waals surface area contributed by atoms with Crippen molar-refractivity contribution in [1.29, 1.82) is 0 Å². The molecule has 0 spiro atoms. The Morgan fingerprint density at radius 3 is 0.563 bits per heavy atom. The first-order chi connectivity index (χ1) is 35.0. The Morgan fingerprint density at radius 2 is 0.380 bits per heavy atom. The van der Waals surface area contributed by atoms with E-state index in [9.17, 15) is 14.4 Å². The molecule has 0 bridgehead atoms. The van der Waals surface area contributed by atoms with Gasteiger partial charge in [0.1, 0.15) is 13.2 Å². The van der Waals surface area contributed by atoms with Gasteiger partial charge < -0.3 is 14.2 Å². The summed E-state index contributed by atoms with van der Waals surface area (Å²) in [6, 6.07) is 0. The summed E-state index contributed by atoms with van der Waals surface area (Å²) in [6.45, 7) is 6.67. The van der Waals surface area contributed by atoms with Gasteiger partial charge in [-0.2, -0.15) is 0 Å². The Kier molecular flexibility index (Phi) is 59.6. The number of hydrogen-bond donors (Lipinski definition) is 0. The zero-order chi connectivity index (χ0) is 51.4. The molecule has 1 atom stereocenters. The van der Waals surface area contributed by atoms with Crippen LogP contribution in [0, 0.1) is 0 Å². The first kappa shape index (κ1) is 69.4. The van der Waals surface area contributed by atoms with Gasteiger partial charge in [0.2, 0.25) is 0 Å². The van der Waals surface area contributed by atoms with Crippen molar-refractivity contribution in [2.75, 3.05) is 13.2 Å². The largest absolute Gasteiger partial charge is 0.462 e. The van der Waals surface area contributed by atoms with E-state index in [1.807, 2.05) is 0 Å². The van der Waals surface area contributed by atoms with E-state index in [4.69, 9.17) is 14.2 Å². The predicted octanol–water partition coefficient (Wildman–Crippen LogP) is 21.9. The Balaban J connectivity index is 4.00. The molecule has 0 heterocycles. The number of ether oxygens (including phenoxy) is 3. The number of carbonyl (C=O) groups is 3. The Morgan fingerprint density at radius 1 is 0.225 bits per heavy atom. The number of carbonyl (C=O) groups excluding carboxylic acids is 3. The molecular weight excluding hydrogens is 877 g/mol. The smallest absolute Gasteiger partial charge is 0.306 e. The number of rotatable bonds is 61. The Bertz CT molecular complexity index is 1060. The highest BCUT2D eigenvalue weighted by Crippen LogP contribution is 2.19. The average Bonchev–Trinajstić information content (AvgIpc) is 3.37. The van der Waals surface area contributed by atoms with Gasteiger partial charge in [0, 0.05) is 19.3 Å². The van der Waals surface area contributed by atoms with Gasteiger partial charge in [0.15, 0.2) is 6.10 Å². The highest BCUT2D eigenvalue weighted by Gasteiger charge is 2.19. The van der Waals surface area contributed by atoms with E-state index in [0.29, 0.717) is 19.3 Å². The van der Waals surface area contributed by atoms with Crippen molar-refractivity contribution in [3.8, 4) is 0 Å². The first-order valence-electron chi connectivity index (χ1n) is 32.5. The fourth-order valence-corrected chi connectivity index (χ4v) is 10.2.